The highest BCUT2D eigenvalue weighted by atomic mass is 19.4. The topological polar surface area (TPSA) is 12.0 Å². The first-order valence-electron chi connectivity index (χ1n) is 4.55. The van der Waals surface area contributed by atoms with E-state index in [2.05, 4.69) is 5.32 Å². The quantitative estimate of drug-likeness (QED) is 0.768. The van der Waals surface area contributed by atoms with Crippen molar-refractivity contribution in [3.05, 3.63) is 29.6 Å². The van der Waals surface area contributed by atoms with Crippen molar-refractivity contribution in [1.29, 1.82) is 0 Å². The number of alkyl halides is 3. The molecule has 15 heavy (non-hydrogen) atoms. The lowest BCUT2D eigenvalue weighted by Gasteiger charge is -2.10. The number of hydrogen-bond acceptors (Lipinski definition) is 1. The Morgan fingerprint density at radius 2 is 1.93 bits per heavy atom. The number of anilines is 1. The summed E-state index contributed by atoms with van der Waals surface area (Å²) < 4.78 is 49.5. The lowest BCUT2D eigenvalue weighted by molar-refractivity contribution is -0.139. The Morgan fingerprint density at radius 3 is 2.40 bits per heavy atom. The van der Waals surface area contributed by atoms with Crippen LogP contribution in [-0.4, -0.2) is 6.54 Å². The summed E-state index contributed by atoms with van der Waals surface area (Å²) in [5.41, 5.74) is -0.869. The molecule has 0 atom stereocenters. The number of rotatable bonds is 3. The van der Waals surface area contributed by atoms with Crippen molar-refractivity contribution in [2.24, 2.45) is 0 Å². The standard InChI is InChI=1S/C10H11F4N/c1-2-5-15-7-3-4-8(9(11)6-7)10(12,13)14/h3-4,6,15H,2,5H2,1H3. The van der Waals surface area contributed by atoms with Gasteiger partial charge in [0.2, 0.25) is 0 Å². The van der Waals surface area contributed by atoms with Gasteiger partial charge in [-0.05, 0) is 24.6 Å². The van der Waals surface area contributed by atoms with Crippen LogP contribution in [0, 0.1) is 5.82 Å². The van der Waals surface area contributed by atoms with Gasteiger partial charge in [-0.3, -0.25) is 0 Å². The van der Waals surface area contributed by atoms with Crippen molar-refractivity contribution in [2.45, 2.75) is 19.5 Å². The Morgan fingerprint density at radius 1 is 1.27 bits per heavy atom. The number of nitrogens with one attached hydrogen (secondary N) is 1. The third-order valence-corrected chi connectivity index (χ3v) is 1.85. The summed E-state index contributed by atoms with van der Waals surface area (Å²) in [6.07, 6.45) is -3.81. The van der Waals surface area contributed by atoms with Gasteiger partial charge < -0.3 is 5.32 Å². The monoisotopic (exact) mass is 221 g/mol. The molecule has 1 N–H and O–H groups in total. The maximum atomic E-state index is 13.0. The summed E-state index contributed by atoms with van der Waals surface area (Å²) in [5.74, 6) is -1.25. The molecule has 0 bridgehead atoms. The zero-order valence-corrected chi connectivity index (χ0v) is 8.16. The third kappa shape index (κ3) is 3.11. The van der Waals surface area contributed by atoms with Crippen LogP contribution in [0.1, 0.15) is 18.9 Å². The van der Waals surface area contributed by atoms with Crippen LogP contribution in [0.2, 0.25) is 0 Å². The highest BCUT2D eigenvalue weighted by Crippen LogP contribution is 2.32. The minimum atomic E-state index is -4.63. The van der Waals surface area contributed by atoms with E-state index in [1.54, 1.807) is 0 Å². The van der Waals surface area contributed by atoms with Crippen molar-refractivity contribution in [1.82, 2.24) is 0 Å². The second-order valence-corrected chi connectivity index (χ2v) is 3.12. The predicted molar refractivity (Wildman–Crippen MR) is 50.2 cm³/mol. The first kappa shape index (κ1) is 11.8. The molecule has 84 valence electrons. The highest BCUT2D eigenvalue weighted by Gasteiger charge is 2.33. The van der Waals surface area contributed by atoms with Crippen molar-refractivity contribution in [2.75, 3.05) is 11.9 Å². The zero-order valence-electron chi connectivity index (χ0n) is 8.16. The van der Waals surface area contributed by atoms with E-state index in [1.165, 1.54) is 6.07 Å². The maximum Gasteiger partial charge on any atom is 0.419 e. The van der Waals surface area contributed by atoms with Crippen LogP contribution >= 0.6 is 0 Å². The second-order valence-electron chi connectivity index (χ2n) is 3.12. The van der Waals surface area contributed by atoms with E-state index in [9.17, 15) is 17.6 Å². The zero-order chi connectivity index (χ0) is 11.5. The lowest BCUT2D eigenvalue weighted by atomic mass is 10.2. The average Bonchev–Trinajstić information content (AvgIpc) is 2.12. The van der Waals surface area contributed by atoms with E-state index in [0.29, 0.717) is 12.2 Å². The molecule has 0 heterocycles. The molecule has 0 aromatic heterocycles. The van der Waals surface area contributed by atoms with Crippen LogP contribution in [0.3, 0.4) is 0 Å². The minimum absolute atomic E-state index is 0.363. The van der Waals surface area contributed by atoms with Gasteiger partial charge in [0, 0.05) is 12.2 Å². The summed E-state index contributed by atoms with van der Waals surface area (Å²) in [6.45, 7) is 2.51. The van der Waals surface area contributed by atoms with Gasteiger partial charge in [-0.25, -0.2) is 4.39 Å². The summed E-state index contributed by atoms with van der Waals surface area (Å²) in [5, 5.41) is 2.81. The normalized spacial score (nSPS) is 11.5. The molecule has 1 rings (SSSR count). The van der Waals surface area contributed by atoms with Gasteiger partial charge in [0.1, 0.15) is 5.82 Å². The number of hydrogen-bond donors (Lipinski definition) is 1. The van der Waals surface area contributed by atoms with Crippen molar-refractivity contribution in [3.8, 4) is 0 Å². The molecule has 0 aliphatic heterocycles. The summed E-state index contributed by atoms with van der Waals surface area (Å²) in [4.78, 5) is 0. The van der Waals surface area contributed by atoms with Gasteiger partial charge in [0.05, 0.1) is 5.56 Å². The van der Waals surface area contributed by atoms with Crippen molar-refractivity contribution in [3.63, 3.8) is 0 Å². The molecule has 0 radical (unpaired) electrons. The van der Waals surface area contributed by atoms with Gasteiger partial charge in [0.25, 0.3) is 0 Å². The molecule has 0 aliphatic carbocycles. The molecule has 0 saturated carbocycles. The minimum Gasteiger partial charge on any atom is -0.385 e. The highest BCUT2D eigenvalue weighted by molar-refractivity contribution is 5.45. The van der Waals surface area contributed by atoms with E-state index in [-0.39, 0.29) is 0 Å². The van der Waals surface area contributed by atoms with Gasteiger partial charge in [-0.1, -0.05) is 6.92 Å². The van der Waals surface area contributed by atoms with E-state index >= 15 is 0 Å². The van der Waals surface area contributed by atoms with E-state index in [0.717, 1.165) is 18.6 Å². The summed E-state index contributed by atoms with van der Waals surface area (Å²) in [6, 6.07) is 2.83. The van der Waals surface area contributed by atoms with Crippen LogP contribution in [0.15, 0.2) is 18.2 Å². The Bertz CT molecular complexity index is 333. The molecule has 1 nitrogen and oxygen atoms in total. The van der Waals surface area contributed by atoms with Crippen molar-refractivity contribution < 1.29 is 17.6 Å². The van der Waals surface area contributed by atoms with E-state index in [1.807, 2.05) is 6.92 Å². The summed E-state index contributed by atoms with van der Waals surface area (Å²) >= 11 is 0. The third-order valence-electron chi connectivity index (χ3n) is 1.85. The van der Waals surface area contributed by atoms with Crippen LogP contribution < -0.4 is 5.32 Å². The predicted octanol–water partition coefficient (Wildman–Crippen LogP) is 3.67. The molecule has 0 amide bonds. The Balaban J connectivity index is 2.89. The molecule has 5 heteroatoms. The maximum absolute atomic E-state index is 13.0. The molecule has 1 aromatic rings. The molecule has 0 spiro atoms. The Hall–Kier alpha value is -1.26. The first-order valence-corrected chi connectivity index (χ1v) is 4.55. The average molecular weight is 221 g/mol. The SMILES string of the molecule is CCCNc1ccc(C(F)(F)F)c(F)c1. The Kier molecular flexibility index (Phi) is 3.55. The van der Waals surface area contributed by atoms with E-state index in [4.69, 9.17) is 0 Å². The largest absolute Gasteiger partial charge is 0.419 e. The molecular weight excluding hydrogens is 210 g/mol. The second kappa shape index (κ2) is 4.51. The van der Waals surface area contributed by atoms with Crippen molar-refractivity contribution >= 4 is 5.69 Å². The van der Waals surface area contributed by atoms with Gasteiger partial charge in [0.15, 0.2) is 0 Å². The molecular formula is C10H11F4N. The number of benzene rings is 1. The van der Waals surface area contributed by atoms with E-state index < -0.39 is 17.6 Å². The lowest BCUT2D eigenvalue weighted by Crippen LogP contribution is -2.09. The van der Waals surface area contributed by atoms with Crippen LogP contribution in [0.25, 0.3) is 0 Å². The van der Waals surface area contributed by atoms with Crippen LogP contribution in [0.4, 0.5) is 23.2 Å². The fourth-order valence-electron chi connectivity index (χ4n) is 1.12. The first-order chi connectivity index (χ1) is 6.95. The van der Waals surface area contributed by atoms with Gasteiger partial charge >= 0.3 is 6.18 Å². The summed E-state index contributed by atoms with van der Waals surface area (Å²) in [7, 11) is 0. The fourth-order valence-corrected chi connectivity index (χ4v) is 1.12. The fraction of sp³-hybridized carbons (Fsp3) is 0.400. The number of halogens is 4. The van der Waals surface area contributed by atoms with Gasteiger partial charge in [-0.15, -0.1) is 0 Å². The van der Waals surface area contributed by atoms with Gasteiger partial charge in [-0.2, -0.15) is 13.2 Å². The molecule has 0 fully saturated rings. The van der Waals surface area contributed by atoms with Crippen LogP contribution in [0.5, 0.6) is 0 Å². The molecule has 0 unspecified atom stereocenters. The molecule has 0 aliphatic rings. The Labute approximate surface area is 85.1 Å². The smallest absolute Gasteiger partial charge is 0.385 e. The molecule has 0 saturated heterocycles. The van der Waals surface area contributed by atoms with Crippen LogP contribution in [-0.2, 0) is 6.18 Å². The molecule has 1 aromatic carbocycles.